The third kappa shape index (κ3) is 3.47. The zero-order chi connectivity index (χ0) is 15.4. The number of hydrogen-bond donors (Lipinski definition) is 0. The van der Waals surface area contributed by atoms with E-state index in [9.17, 15) is 0 Å². The van der Waals surface area contributed by atoms with Gasteiger partial charge in [-0.3, -0.25) is 0 Å². The highest BCUT2D eigenvalue weighted by molar-refractivity contribution is 5.62. The van der Waals surface area contributed by atoms with E-state index in [4.69, 9.17) is 9.72 Å². The Hall–Kier alpha value is -1.88. The van der Waals surface area contributed by atoms with Crippen LogP contribution in [0.5, 0.6) is 5.75 Å². The molecule has 3 rings (SSSR count). The van der Waals surface area contributed by atoms with Crippen LogP contribution in [0.2, 0.25) is 0 Å². The highest BCUT2D eigenvalue weighted by Gasteiger charge is 2.19. The molecule has 0 bridgehead atoms. The summed E-state index contributed by atoms with van der Waals surface area (Å²) in [5, 5.41) is 0. The smallest absolute Gasteiger partial charge is 0.226 e. The van der Waals surface area contributed by atoms with Gasteiger partial charge in [0.2, 0.25) is 5.95 Å². The molecule has 22 heavy (non-hydrogen) atoms. The summed E-state index contributed by atoms with van der Waals surface area (Å²) in [4.78, 5) is 14.0. The van der Waals surface area contributed by atoms with E-state index in [1.54, 1.807) is 0 Å². The molecular weight excluding hydrogens is 276 g/mol. The predicted molar refractivity (Wildman–Crippen MR) is 88.8 cm³/mol. The van der Waals surface area contributed by atoms with Gasteiger partial charge in [-0.2, -0.15) is 0 Å². The monoisotopic (exact) mass is 300 g/mol. The summed E-state index contributed by atoms with van der Waals surface area (Å²) in [6.07, 6.45) is 2.21. The normalized spacial score (nSPS) is 16.2. The van der Waals surface area contributed by atoms with Crippen molar-refractivity contribution in [3.8, 4) is 17.1 Å². The first-order valence-electron chi connectivity index (χ1n) is 8.10. The van der Waals surface area contributed by atoms with Crippen LogP contribution in [0.4, 0.5) is 5.95 Å². The van der Waals surface area contributed by atoms with Crippen LogP contribution < -0.4 is 9.64 Å². The number of piperazine rings is 1. The van der Waals surface area contributed by atoms with Gasteiger partial charge < -0.3 is 14.5 Å². The minimum Gasteiger partial charge on any atom is -0.494 e. The zero-order valence-corrected chi connectivity index (χ0v) is 13.5. The summed E-state index contributed by atoms with van der Waals surface area (Å²) in [7, 11) is 2.15. The van der Waals surface area contributed by atoms with Gasteiger partial charge >= 0.3 is 0 Å². The molecule has 0 spiro atoms. The van der Waals surface area contributed by atoms with Crippen LogP contribution in [0.15, 0.2) is 24.3 Å². The number of nitrogens with zero attached hydrogens (tertiary/aromatic N) is 4. The lowest BCUT2D eigenvalue weighted by Crippen LogP contribution is -2.44. The lowest BCUT2D eigenvalue weighted by Gasteiger charge is -2.31. The van der Waals surface area contributed by atoms with E-state index in [0.717, 1.165) is 68.7 Å². The molecule has 1 fully saturated rings. The maximum atomic E-state index is 5.80. The summed E-state index contributed by atoms with van der Waals surface area (Å²) in [5.41, 5.74) is 1.84. The molecule has 0 aromatic carbocycles. The molecule has 1 aliphatic carbocycles. The fourth-order valence-electron chi connectivity index (χ4n) is 2.57. The van der Waals surface area contributed by atoms with Crippen molar-refractivity contribution in [2.45, 2.75) is 19.8 Å². The minimum atomic E-state index is 0.751. The Kier molecular flexibility index (Phi) is 4.73. The molecule has 0 aromatic rings. The number of imidazole rings is 1. The average molecular weight is 300 g/mol. The predicted octanol–water partition coefficient (Wildman–Crippen LogP) is 2.51. The van der Waals surface area contributed by atoms with Crippen LogP contribution in [0.25, 0.3) is 11.4 Å². The summed E-state index contributed by atoms with van der Waals surface area (Å²) in [5.74, 6) is 1.71. The number of likely N-dealkylation sites (N-methyl/N-ethyl adjacent to an activating group) is 1. The van der Waals surface area contributed by atoms with Gasteiger partial charge in [0, 0.05) is 32.2 Å². The highest BCUT2D eigenvalue weighted by Crippen LogP contribution is 2.26. The van der Waals surface area contributed by atoms with Gasteiger partial charge in [0.1, 0.15) is 5.75 Å². The molecule has 2 aliphatic heterocycles. The van der Waals surface area contributed by atoms with Crippen molar-refractivity contribution in [1.29, 1.82) is 0 Å². The molecule has 0 radical (unpaired) electrons. The SMILES string of the molecule is CCCCOc1cccc2nc(N3CCN(C)CC3)nc-2c1. The van der Waals surface area contributed by atoms with Crippen molar-refractivity contribution in [3.63, 3.8) is 0 Å². The molecule has 0 amide bonds. The molecular formula is C17H24N4O. The van der Waals surface area contributed by atoms with E-state index in [0.29, 0.717) is 0 Å². The second kappa shape index (κ2) is 6.92. The van der Waals surface area contributed by atoms with E-state index in [1.807, 2.05) is 24.3 Å². The molecule has 0 aromatic heterocycles. The van der Waals surface area contributed by atoms with Crippen molar-refractivity contribution >= 4 is 5.95 Å². The fourth-order valence-corrected chi connectivity index (χ4v) is 2.57. The van der Waals surface area contributed by atoms with Crippen LogP contribution >= 0.6 is 0 Å². The van der Waals surface area contributed by atoms with E-state index in [2.05, 4.69) is 28.8 Å². The van der Waals surface area contributed by atoms with E-state index in [-0.39, 0.29) is 0 Å². The molecule has 0 unspecified atom stereocenters. The van der Waals surface area contributed by atoms with E-state index < -0.39 is 0 Å². The van der Waals surface area contributed by atoms with Crippen LogP contribution in [-0.2, 0) is 0 Å². The second-order valence-electron chi connectivity index (χ2n) is 5.86. The number of rotatable bonds is 5. The lowest BCUT2D eigenvalue weighted by molar-refractivity contribution is 0.309. The molecule has 0 saturated carbocycles. The van der Waals surface area contributed by atoms with Crippen molar-refractivity contribution < 1.29 is 4.74 Å². The third-order valence-electron chi connectivity index (χ3n) is 4.05. The van der Waals surface area contributed by atoms with Crippen LogP contribution in [0.1, 0.15) is 19.8 Å². The van der Waals surface area contributed by atoms with Crippen LogP contribution in [0.3, 0.4) is 0 Å². The zero-order valence-electron chi connectivity index (χ0n) is 13.5. The van der Waals surface area contributed by atoms with Gasteiger partial charge in [-0.25, -0.2) is 9.97 Å². The molecule has 5 nitrogen and oxygen atoms in total. The van der Waals surface area contributed by atoms with Gasteiger partial charge in [-0.15, -0.1) is 0 Å². The Labute approximate surface area is 132 Å². The third-order valence-corrected chi connectivity index (χ3v) is 4.05. The molecule has 118 valence electrons. The number of unbranched alkanes of at least 4 members (excludes halogenated alkanes) is 1. The topological polar surface area (TPSA) is 41.5 Å². The number of fused-ring (bicyclic) bond motifs is 1. The number of hydrogen-bond acceptors (Lipinski definition) is 5. The van der Waals surface area contributed by atoms with E-state index in [1.165, 1.54) is 0 Å². The first kappa shape index (κ1) is 15.0. The molecule has 2 heterocycles. The Balaban J connectivity index is 1.78. The standard InChI is InChI=1S/C17H24N4O/c1-3-4-12-22-14-6-5-7-15-16(13-14)19-17(18-15)21-10-8-20(2)9-11-21/h5-7,13H,3-4,8-12H2,1-2H3. The average Bonchev–Trinajstić information content (AvgIpc) is 2.81. The fraction of sp³-hybridized carbons (Fsp3) is 0.529. The van der Waals surface area contributed by atoms with Gasteiger partial charge in [0.15, 0.2) is 0 Å². The summed E-state index contributed by atoms with van der Waals surface area (Å²) in [6.45, 7) is 7.00. The van der Waals surface area contributed by atoms with Gasteiger partial charge in [-0.05, 0) is 25.6 Å². The maximum Gasteiger partial charge on any atom is 0.226 e. The van der Waals surface area contributed by atoms with E-state index >= 15 is 0 Å². The second-order valence-corrected chi connectivity index (χ2v) is 5.86. The van der Waals surface area contributed by atoms with Crippen molar-refractivity contribution in [1.82, 2.24) is 14.9 Å². The summed E-state index contributed by atoms with van der Waals surface area (Å²) >= 11 is 0. The van der Waals surface area contributed by atoms with Crippen molar-refractivity contribution in [2.75, 3.05) is 44.7 Å². The first-order valence-corrected chi connectivity index (χ1v) is 8.10. The van der Waals surface area contributed by atoms with Gasteiger partial charge in [0.25, 0.3) is 0 Å². The largest absolute Gasteiger partial charge is 0.494 e. The first-order chi connectivity index (χ1) is 10.8. The number of ether oxygens (including phenoxy) is 1. The summed E-state index contributed by atoms with van der Waals surface area (Å²) < 4.78 is 5.80. The van der Waals surface area contributed by atoms with Gasteiger partial charge in [-0.1, -0.05) is 19.4 Å². The minimum absolute atomic E-state index is 0.751. The quantitative estimate of drug-likeness (QED) is 0.794. The number of anilines is 1. The van der Waals surface area contributed by atoms with Crippen molar-refractivity contribution in [2.24, 2.45) is 0 Å². The van der Waals surface area contributed by atoms with Crippen LogP contribution in [0, 0.1) is 0 Å². The summed E-state index contributed by atoms with van der Waals surface area (Å²) in [6, 6.07) is 7.98. The van der Waals surface area contributed by atoms with Crippen molar-refractivity contribution in [3.05, 3.63) is 24.3 Å². The number of aromatic nitrogens is 2. The maximum absolute atomic E-state index is 5.80. The molecule has 0 atom stereocenters. The lowest BCUT2D eigenvalue weighted by atomic mass is 10.3. The molecule has 1 saturated heterocycles. The molecule has 3 aliphatic rings. The highest BCUT2D eigenvalue weighted by atomic mass is 16.5. The van der Waals surface area contributed by atoms with Gasteiger partial charge in [0.05, 0.1) is 18.0 Å². The Bertz CT molecular complexity index is 581. The Morgan fingerprint density at radius 2 is 1.86 bits per heavy atom. The molecule has 5 heteroatoms. The van der Waals surface area contributed by atoms with Crippen LogP contribution in [-0.4, -0.2) is 54.7 Å². The Morgan fingerprint density at radius 1 is 1.09 bits per heavy atom. The Morgan fingerprint density at radius 3 is 2.64 bits per heavy atom. The molecule has 0 N–H and O–H groups in total.